The molecule has 0 saturated heterocycles. The van der Waals surface area contributed by atoms with E-state index in [2.05, 4.69) is 0 Å². The van der Waals surface area contributed by atoms with Gasteiger partial charge in [-0.2, -0.15) is 0 Å². The summed E-state index contributed by atoms with van der Waals surface area (Å²) in [7, 11) is 1.68. The van der Waals surface area contributed by atoms with Crippen LogP contribution in [0.4, 0.5) is 21.5 Å². The molecular formula is C15H15FN2O2. The number of carboxylic acid groups (broad SMARTS) is 1. The van der Waals surface area contributed by atoms with Crippen molar-refractivity contribution in [3.8, 4) is 0 Å². The van der Waals surface area contributed by atoms with Crippen LogP contribution in [-0.4, -0.2) is 18.1 Å². The van der Waals surface area contributed by atoms with Crippen LogP contribution in [0.1, 0.15) is 15.9 Å². The third-order valence-electron chi connectivity index (χ3n) is 3.10. The number of carboxylic acids is 1. The Labute approximate surface area is 116 Å². The van der Waals surface area contributed by atoms with Crippen molar-refractivity contribution >= 4 is 23.0 Å². The van der Waals surface area contributed by atoms with Crippen LogP contribution < -0.4 is 10.6 Å². The number of hydrogen-bond acceptors (Lipinski definition) is 3. The van der Waals surface area contributed by atoms with E-state index < -0.39 is 11.8 Å². The van der Waals surface area contributed by atoms with E-state index in [1.165, 1.54) is 6.07 Å². The van der Waals surface area contributed by atoms with Crippen LogP contribution in [-0.2, 0) is 0 Å². The zero-order valence-corrected chi connectivity index (χ0v) is 11.2. The summed E-state index contributed by atoms with van der Waals surface area (Å²) in [6.45, 7) is 1.93. The van der Waals surface area contributed by atoms with E-state index >= 15 is 0 Å². The Balaban J connectivity index is 2.52. The lowest BCUT2D eigenvalue weighted by molar-refractivity contribution is 0.0698. The van der Waals surface area contributed by atoms with Crippen LogP contribution in [0.3, 0.4) is 0 Å². The fourth-order valence-corrected chi connectivity index (χ4v) is 2.00. The van der Waals surface area contributed by atoms with Crippen molar-refractivity contribution in [2.24, 2.45) is 0 Å². The van der Waals surface area contributed by atoms with E-state index in [0.29, 0.717) is 0 Å². The average molecular weight is 274 g/mol. The third-order valence-corrected chi connectivity index (χ3v) is 3.10. The van der Waals surface area contributed by atoms with Crippen LogP contribution in [0.2, 0.25) is 0 Å². The second-order valence-electron chi connectivity index (χ2n) is 4.59. The predicted molar refractivity (Wildman–Crippen MR) is 77.0 cm³/mol. The highest BCUT2D eigenvalue weighted by molar-refractivity contribution is 5.95. The van der Waals surface area contributed by atoms with E-state index in [0.717, 1.165) is 17.3 Å². The first-order valence-corrected chi connectivity index (χ1v) is 6.03. The van der Waals surface area contributed by atoms with E-state index in [1.54, 1.807) is 11.9 Å². The number of aromatic carboxylic acids is 1. The Morgan fingerprint density at radius 1 is 1.30 bits per heavy atom. The first kappa shape index (κ1) is 13.9. The van der Waals surface area contributed by atoms with Gasteiger partial charge < -0.3 is 15.7 Å². The van der Waals surface area contributed by atoms with Gasteiger partial charge in [-0.25, -0.2) is 9.18 Å². The molecule has 0 unspecified atom stereocenters. The molecule has 0 aromatic heterocycles. The second-order valence-corrected chi connectivity index (χ2v) is 4.59. The fraction of sp³-hybridized carbons (Fsp3) is 0.133. The van der Waals surface area contributed by atoms with Gasteiger partial charge in [0, 0.05) is 18.4 Å². The van der Waals surface area contributed by atoms with Crippen LogP contribution in [0, 0.1) is 12.7 Å². The minimum absolute atomic E-state index is 0.0867. The zero-order valence-electron chi connectivity index (χ0n) is 11.2. The van der Waals surface area contributed by atoms with E-state index in [9.17, 15) is 9.18 Å². The van der Waals surface area contributed by atoms with Gasteiger partial charge in [-0.15, -0.1) is 0 Å². The Morgan fingerprint density at radius 2 is 2.00 bits per heavy atom. The molecular weight excluding hydrogens is 259 g/mol. The monoisotopic (exact) mass is 274 g/mol. The predicted octanol–water partition coefficient (Wildman–Crippen LogP) is 3.18. The van der Waals surface area contributed by atoms with Gasteiger partial charge in [0.15, 0.2) is 0 Å². The summed E-state index contributed by atoms with van der Waals surface area (Å²) in [6.07, 6.45) is 0. The fourth-order valence-electron chi connectivity index (χ4n) is 2.00. The molecule has 2 rings (SSSR count). The minimum atomic E-state index is -1.18. The molecule has 0 aliphatic rings. The van der Waals surface area contributed by atoms with Crippen molar-refractivity contribution in [1.82, 2.24) is 0 Å². The number of rotatable bonds is 3. The van der Waals surface area contributed by atoms with Gasteiger partial charge in [0.1, 0.15) is 5.82 Å². The lowest BCUT2D eigenvalue weighted by Crippen LogP contribution is -2.14. The lowest BCUT2D eigenvalue weighted by Gasteiger charge is -2.21. The second kappa shape index (κ2) is 5.21. The van der Waals surface area contributed by atoms with E-state index in [4.69, 9.17) is 10.8 Å². The Hall–Kier alpha value is -2.56. The summed E-state index contributed by atoms with van der Waals surface area (Å²) in [5.41, 5.74) is 7.29. The van der Waals surface area contributed by atoms with Gasteiger partial charge in [-0.1, -0.05) is 12.1 Å². The van der Waals surface area contributed by atoms with Crippen molar-refractivity contribution in [3.05, 3.63) is 53.3 Å². The molecule has 0 amide bonds. The van der Waals surface area contributed by atoms with Crippen molar-refractivity contribution in [2.75, 3.05) is 17.7 Å². The highest BCUT2D eigenvalue weighted by atomic mass is 19.1. The highest BCUT2D eigenvalue weighted by Crippen LogP contribution is 2.30. The molecule has 0 heterocycles. The summed E-state index contributed by atoms with van der Waals surface area (Å²) in [4.78, 5) is 12.7. The molecule has 0 saturated carbocycles. The molecule has 2 aromatic carbocycles. The highest BCUT2D eigenvalue weighted by Gasteiger charge is 2.16. The van der Waals surface area contributed by atoms with Gasteiger partial charge in [-0.05, 0) is 36.8 Å². The molecule has 0 atom stereocenters. The van der Waals surface area contributed by atoms with E-state index in [1.807, 2.05) is 31.2 Å². The first-order chi connectivity index (χ1) is 9.40. The molecule has 3 N–H and O–H groups in total. The maximum Gasteiger partial charge on any atom is 0.337 e. The standard InChI is InChI=1S/C15H15FN2O2/c1-9-4-3-5-10(6-9)18(2)14-7-11(15(19)20)13(17)8-12(14)16/h3-8H,17H2,1-2H3,(H,19,20). The normalized spacial score (nSPS) is 10.3. The van der Waals surface area contributed by atoms with Gasteiger partial charge >= 0.3 is 5.97 Å². The molecule has 0 aliphatic carbocycles. The molecule has 0 aliphatic heterocycles. The van der Waals surface area contributed by atoms with Crippen LogP contribution in [0.5, 0.6) is 0 Å². The maximum absolute atomic E-state index is 14.0. The molecule has 20 heavy (non-hydrogen) atoms. The number of hydrogen-bond donors (Lipinski definition) is 2. The van der Waals surface area contributed by atoms with Gasteiger partial charge in [0.2, 0.25) is 0 Å². The summed E-state index contributed by atoms with van der Waals surface area (Å²) in [5, 5.41) is 9.06. The van der Waals surface area contributed by atoms with Gasteiger partial charge in [-0.3, -0.25) is 0 Å². The quantitative estimate of drug-likeness (QED) is 0.844. The number of nitrogen functional groups attached to an aromatic ring is 1. The Morgan fingerprint density at radius 3 is 2.60 bits per heavy atom. The smallest absolute Gasteiger partial charge is 0.337 e. The molecule has 5 heteroatoms. The van der Waals surface area contributed by atoms with Crippen LogP contribution in [0.15, 0.2) is 36.4 Å². The van der Waals surface area contributed by atoms with Crippen molar-refractivity contribution in [1.29, 1.82) is 0 Å². The first-order valence-electron chi connectivity index (χ1n) is 6.03. The summed E-state index contributed by atoms with van der Waals surface area (Å²) < 4.78 is 14.0. The maximum atomic E-state index is 14.0. The number of halogens is 1. The number of benzene rings is 2. The van der Waals surface area contributed by atoms with Crippen molar-refractivity contribution in [2.45, 2.75) is 6.92 Å². The molecule has 0 bridgehead atoms. The summed E-state index contributed by atoms with van der Waals surface area (Å²) in [5.74, 6) is -1.74. The van der Waals surface area contributed by atoms with Crippen molar-refractivity contribution < 1.29 is 14.3 Å². The number of anilines is 3. The molecule has 0 spiro atoms. The summed E-state index contributed by atoms with van der Waals surface area (Å²) in [6, 6.07) is 9.77. The minimum Gasteiger partial charge on any atom is -0.478 e. The van der Waals surface area contributed by atoms with Crippen molar-refractivity contribution in [3.63, 3.8) is 0 Å². The largest absolute Gasteiger partial charge is 0.478 e. The SMILES string of the molecule is Cc1cccc(N(C)c2cc(C(=O)O)c(N)cc2F)c1. The molecule has 2 aromatic rings. The lowest BCUT2D eigenvalue weighted by atomic mass is 10.1. The summed E-state index contributed by atoms with van der Waals surface area (Å²) >= 11 is 0. The third kappa shape index (κ3) is 2.56. The number of nitrogens with two attached hydrogens (primary N) is 1. The molecule has 4 nitrogen and oxygen atoms in total. The Kier molecular flexibility index (Phi) is 3.61. The van der Waals surface area contributed by atoms with E-state index in [-0.39, 0.29) is 16.9 Å². The number of carbonyl (C=O) groups is 1. The molecule has 0 fully saturated rings. The molecule has 0 radical (unpaired) electrons. The van der Waals surface area contributed by atoms with Gasteiger partial charge in [0.25, 0.3) is 0 Å². The average Bonchev–Trinajstić information content (AvgIpc) is 2.37. The topological polar surface area (TPSA) is 66.6 Å². The molecule has 104 valence electrons. The van der Waals surface area contributed by atoms with Crippen LogP contribution >= 0.6 is 0 Å². The van der Waals surface area contributed by atoms with Gasteiger partial charge in [0.05, 0.1) is 11.3 Å². The number of aryl methyl sites for hydroxylation is 1. The van der Waals surface area contributed by atoms with Crippen LogP contribution in [0.25, 0.3) is 0 Å². The number of nitrogens with zero attached hydrogens (tertiary/aromatic N) is 1. The Bertz CT molecular complexity index is 671. The zero-order chi connectivity index (χ0) is 14.9.